The normalized spacial score (nSPS) is 24.2. The van der Waals surface area contributed by atoms with Crippen molar-refractivity contribution >= 4 is 12.1 Å². The number of carboxylic acid groups (broad SMARTS) is 1. The molecule has 1 aromatic carbocycles. The van der Waals surface area contributed by atoms with Gasteiger partial charge in [-0.1, -0.05) is 30.3 Å². The number of hydrogen-bond donors (Lipinski definition) is 2. The lowest BCUT2D eigenvalue weighted by Crippen LogP contribution is -2.30. The standard InChI is InChI=1S/C13H12F3NO4/c14-13(15,16)9-8(11(18)19)10(9)17-12(20)21-6-7-4-2-1-3-5-7/h1-5,8-10H,6H2,(H,17,20)(H,18,19)/t8-,9+,10+/m1/s1. The fourth-order valence-corrected chi connectivity index (χ4v) is 2.11. The average Bonchev–Trinajstić information content (AvgIpc) is 3.12. The molecule has 3 atom stereocenters. The van der Waals surface area contributed by atoms with E-state index in [0.717, 1.165) is 0 Å². The smallest absolute Gasteiger partial charge is 0.407 e. The predicted molar refractivity (Wildman–Crippen MR) is 64.2 cm³/mol. The number of hydrogen-bond acceptors (Lipinski definition) is 3. The van der Waals surface area contributed by atoms with Gasteiger partial charge in [0.1, 0.15) is 6.61 Å². The summed E-state index contributed by atoms with van der Waals surface area (Å²) in [5, 5.41) is 10.6. The van der Waals surface area contributed by atoms with Crippen LogP contribution >= 0.6 is 0 Å². The molecule has 0 unspecified atom stereocenters. The van der Waals surface area contributed by atoms with Gasteiger partial charge in [-0.25, -0.2) is 4.79 Å². The maximum atomic E-state index is 12.5. The van der Waals surface area contributed by atoms with Crippen molar-refractivity contribution in [3.63, 3.8) is 0 Å². The molecule has 0 saturated heterocycles. The van der Waals surface area contributed by atoms with Gasteiger partial charge in [0.25, 0.3) is 0 Å². The van der Waals surface area contributed by atoms with E-state index in [4.69, 9.17) is 9.84 Å². The molecule has 5 nitrogen and oxygen atoms in total. The van der Waals surface area contributed by atoms with Gasteiger partial charge in [0.15, 0.2) is 0 Å². The third kappa shape index (κ3) is 3.65. The first kappa shape index (κ1) is 15.1. The third-order valence-electron chi connectivity index (χ3n) is 3.18. The van der Waals surface area contributed by atoms with Crippen molar-refractivity contribution in [3.05, 3.63) is 35.9 Å². The van der Waals surface area contributed by atoms with Crippen LogP contribution in [0.25, 0.3) is 0 Å². The number of aliphatic carboxylic acids is 1. The van der Waals surface area contributed by atoms with E-state index in [9.17, 15) is 22.8 Å². The first-order valence-corrected chi connectivity index (χ1v) is 6.07. The number of amides is 1. The lowest BCUT2D eigenvalue weighted by Gasteiger charge is -2.08. The van der Waals surface area contributed by atoms with Crippen molar-refractivity contribution < 1.29 is 32.6 Å². The van der Waals surface area contributed by atoms with Gasteiger partial charge in [-0.2, -0.15) is 13.2 Å². The number of alkyl halides is 3. The van der Waals surface area contributed by atoms with Crippen molar-refractivity contribution in [3.8, 4) is 0 Å². The Labute approximate surface area is 117 Å². The van der Waals surface area contributed by atoms with Crippen LogP contribution < -0.4 is 5.32 Å². The number of halogens is 3. The highest BCUT2D eigenvalue weighted by atomic mass is 19.4. The van der Waals surface area contributed by atoms with Crippen LogP contribution in [0.4, 0.5) is 18.0 Å². The molecule has 0 heterocycles. The predicted octanol–water partition coefficient (Wildman–Crippen LogP) is 2.17. The number of carboxylic acids is 1. The molecular weight excluding hydrogens is 291 g/mol. The van der Waals surface area contributed by atoms with Crippen LogP contribution in [0.1, 0.15) is 5.56 Å². The first-order valence-electron chi connectivity index (χ1n) is 6.07. The first-order chi connectivity index (χ1) is 9.80. The molecule has 2 rings (SSSR count). The Morgan fingerprint density at radius 3 is 2.33 bits per heavy atom. The molecule has 114 valence electrons. The molecule has 1 aromatic rings. The van der Waals surface area contributed by atoms with Gasteiger partial charge in [-0.05, 0) is 5.56 Å². The van der Waals surface area contributed by atoms with Crippen molar-refractivity contribution in [1.82, 2.24) is 5.32 Å². The Bertz CT molecular complexity index is 532. The van der Waals surface area contributed by atoms with E-state index in [2.05, 4.69) is 0 Å². The topological polar surface area (TPSA) is 75.6 Å². The van der Waals surface area contributed by atoms with E-state index in [1.807, 2.05) is 5.32 Å². The minimum absolute atomic E-state index is 0.103. The van der Waals surface area contributed by atoms with Crippen molar-refractivity contribution in [1.29, 1.82) is 0 Å². The zero-order chi connectivity index (χ0) is 15.6. The van der Waals surface area contributed by atoms with Crippen molar-refractivity contribution in [2.75, 3.05) is 0 Å². The monoisotopic (exact) mass is 303 g/mol. The molecule has 0 radical (unpaired) electrons. The fourth-order valence-electron chi connectivity index (χ4n) is 2.11. The van der Waals surface area contributed by atoms with Gasteiger partial charge in [0, 0.05) is 0 Å². The highest BCUT2D eigenvalue weighted by Crippen LogP contribution is 2.50. The number of carbonyl (C=O) groups is 2. The maximum absolute atomic E-state index is 12.5. The second kappa shape index (κ2) is 5.63. The number of nitrogens with one attached hydrogen (secondary N) is 1. The van der Waals surface area contributed by atoms with Crippen LogP contribution in [-0.2, 0) is 16.1 Å². The van der Waals surface area contributed by atoms with Crippen LogP contribution in [0.15, 0.2) is 30.3 Å². The van der Waals surface area contributed by atoms with Crippen molar-refractivity contribution in [2.45, 2.75) is 18.8 Å². The molecule has 1 amide bonds. The highest BCUT2D eigenvalue weighted by Gasteiger charge is 2.68. The Morgan fingerprint density at radius 1 is 1.24 bits per heavy atom. The fraction of sp³-hybridized carbons (Fsp3) is 0.385. The lowest BCUT2D eigenvalue weighted by atomic mass is 10.2. The summed E-state index contributed by atoms with van der Waals surface area (Å²) in [6, 6.07) is 7.09. The minimum Gasteiger partial charge on any atom is -0.481 e. The molecule has 0 aromatic heterocycles. The summed E-state index contributed by atoms with van der Waals surface area (Å²) in [5.41, 5.74) is 0.672. The Kier molecular flexibility index (Phi) is 4.06. The zero-order valence-electron chi connectivity index (χ0n) is 10.6. The van der Waals surface area contributed by atoms with Crippen LogP contribution in [0.5, 0.6) is 0 Å². The summed E-state index contributed by atoms with van der Waals surface area (Å²) < 4.78 is 42.4. The molecule has 21 heavy (non-hydrogen) atoms. The van der Waals surface area contributed by atoms with Gasteiger partial charge >= 0.3 is 18.2 Å². The summed E-state index contributed by atoms with van der Waals surface area (Å²) in [7, 11) is 0. The van der Waals surface area contributed by atoms with E-state index < -0.39 is 36.1 Å². The molecular formula is C13H12F3NO4. The molecule has 0 bridgehead atoms. The molecule has 2 N–H and O–H groups in total. The van der Waals surface area contributed by atoms with Crippen LogP contribution in [0, 0.1) is 11.8 Å². The Morgan fingerprint density at radius 2 is 1.86 bits per heavy atom. The molecule has 1 saturated carbocycles. The van der Waals surface area contributed by atoms with Crippen LogP contribution in [0.2, 0.25) is 0 Å². The van der Waals surface area contributed by atoms with Gasteiger partial charge in [0.05, 0.1) is 17.9 Å². The van der Waals surface area contributed by atoms with Gasteiger partial charge in [0.2, 0.25) is 0 Å². The number of benzene rings is 1. The molecule has 0 aliphatic heterocycles. The number of rotatable bonds is 4. The van der Waals surface area contributed by atoms with Crippen LogP contribution in [0.3, 0.4) is 0 Å². The van der Waals surface area contributed by atoms with E-state index in [1.54, 1.807) is 30.3 Å². The highest BCUT2D eigenvalue weighted by molar-refractivity contribution is 5.78. The summed E-state index contributed by atoms with van der Waals surface area (Å²) >= 11 is 0. The zero-order valence-corrected chi connectivity index (χ0v) is 10.6. The molecule has 1 aliphatic rings. The molecule has 1 fully saturated rings. The van der Waals surface area contributed by atoms with E-state index in [1.165, 1.54) is 0 Å². The van der Waals surface area contributed by atoms with Gasteiger partial charge < -0.3 is 15.2 Å². The molecule has 8 heteroatoms. The van der Waals surface area contributed by atoms with Gasteiger partial charge in [-0.3, -0.25) is 4.79 Å². The minimum atomic E-state index is -4.67. The van der Waals surface area contributed by atoms with Crippen LogP contribution in [-0.4, -0.2) is 29.4 Å². The number of alkyl carbamates (subject to hydrolysis) is 1. The average molecular weight is 303 g/mol. The molecule has 1 aliphatic carbocycles. The van der Waals surface area contributed by atoms with Gasteiger partial charge in [-0.15, -0.1) is 0 Å². The molecule has 0 spiro atoms. The van der Waals surface area contributed by atoms with Crippen molar-refractivity contribution in [2.24, 2.45) is 11.8 Å². The SMILES string of the molecule is O=C(N[C@H]1[C@H](C(=O)O)[C@@H]1C(F)(F)F)OCc1ccccc1. The Balaban J connectivity index is 1.87. The second-order valence-electron chi connectivity index (χ2n) is 4.66. The number of carbonyl (C=O) groups excluding carboxylic acids is 1. The number of ether oxygens (including phenoxy) is 1. The Hall–Kier alpha value is -2.25. The maximum Gasteiger partial charge on any atom is 0.407 e. The van der Waals surface area contributed by atoms with E-state index in [0.29, 0.717) is 5.56 Å². The summed E-state index contributed by atoms with van der Waals surface area (Å²) in [5.74, 6) is -5.32. The summed E-state index contributed by atoms with van der Waals surface area (Å²) in [4.78, 5) is 22.1. The van der Waals surface area contributed by atoms with E-state index >= 15 is 0 Å². The summed E-state index contributed by atoms with van der Waals surface area (Å²) in [6.07, 6.45) is -5.73. The third-order valence-corrected chi connectivity index (χ3v) is 3.18. The largest absolute Gasteiger partial charge is 0.481 e. The lowest BCUT2D eigenvalue weighted by molar-refractivity contribution is -0.160. The summed E-state index contributed by atoms with van der Waals surface area (Å²) in [6.45, 7) is -0.103. The van der Waals surface area contributed by atoms with E-state index in [-0.39, 0.29) is 6.61 Å². The quantitative estimate of drug-likeness (QED) is 0.894. The second-order valence-corrected chi connectivity index (χ2v) is 4.66.